The van der Waals surface area contributed by atoms with Crippen molar-refractivity contribution < 1.29 is 9.53 Å². The standard InChI is InChI=1S/C23H25N7O2S3/c1-16-8-6-7-11-18(16)24-14-19-26-28-22(30(19)17-9-4-3-5-10-17)34-15-20(31)25-21-27-29-23(35-21)33-13-12-32-2/h3-11,24H,12-15H2,1-2H3,(H,25,27,31). The van der Waals surface area contributed by atoms with E-state index in [0.717, 1.165) is 32.9 Å². The Morgan fingerprint density at radius 3 is 2.63 bits per heavy atom. The largest absolute Gasteiger partial charge is 0.384 e. The van der Waals surface area contributed by atoms with Gasteiger partial charge in [-0.3, -0.25) is 14.7 Å². The zero-order valence-corrected chi connectivity index (χ0v) is 21.8. The molecule has 0 saturated heterocycles. The summed E-state index contributed by atoms with van der Waals surface area (Å²) < 4.78 is 7.80. The van der Waals surface area contributed by atoms with Crippen molar-refractivity contribution in [2.24, 2.45) is 0 Å². The molecule has 2 aromatic carbocycles. The summed E-state index contributed by atoms with van der Waals surface area (Å²) in [6.45, 7) is 3.18. The molecule has 12 heteroatoms. The SMILES string of the molecule is COCCSc1nnc(NC(=O)CSc2nnc(CNc3ccccc3C)n2-c2ccccc2)s1. The molecule has 2 aromatic heterocycles. The Bertz CT molecular complexity index is 1250. The minimum atomic E-state index is -0.179. The summed E-state index contributed by atoms with van der Waals surface area (Å²) in [5.41, 5.74) is 3.13. The van der Waals surface area contributed by atoms with Crippen molar-refractivity contribution in [3.8, 4) is 5.69 Å². The van der Waals surface area contributed by atoms with Crippen molar-refractivity contribution in [1.29, 1.82) is 0 Å². The molecule has 0 saturated carbocycles. The molecule has 9 nitrogen and oxygen atoms in total. The molecule has 0 spiro atoms. The summed E-state index contributed by atoms with van der Waals surface area (Å²) in [5.74, 6) is 1.53. The first-order valence-electron chi connectivity index (χ1n) is 10.8. The van der Waals surface area contributed by atoms with Gasteiger partial charge in [-0.2, -0.15) is 0 Å². The lowest BCUT2D eigenvalue weighted by atomic mass is 10.2. The van der Waals surface area contributed by atoms with Gasteiger partial charge in [0.25, 0.3) is 0 Å². The number of aryl methyl sites for hydroxylation is 1. The Morgan fingerprint density at radius 2 is 1.83 bits per heavy atom. The predicted octanol–water partition coefficient (Wildman–Crippen LogP) is 4.51. The quantitative estimate of drug-likeness (QED) is 0.156. The third-order valence-electron chi connectivity index (χ3n) is 4.79. The topological polar surface area (TPSA) is 107 Å². The molecule has 4 rings (SSSR count). The van der Waals surface area contributed by atoms with E-state index in [1.807, 2.05) is 53.1 Å². The summed E-state index contributed by atoms with van der Waals surface area (Å²) in [4.78, 5) is 12.6. The van der Waals surface area contributed by atoms with Gasteiger partial charge < -0.3 is 10.1 Å². The highest BCUT2D eigenvalue weighted by Gasteiger charge is 2.17. The maximum absolute atomic E-state index is 12.6. The highest BCUT2D eigenvalue weighted by atomic mass is 32.2. The minimum absolute atomic E-state index is 0.169. The number of amides is 1. The number of rotatable bonds is 12. The lowest BCUT2D eigenvalue weighted by molar-refractivity contribution is -0.113. The predicted molar refractivity (Wildman–Crippen MR) is 142 cm³/mol. The summed E-state index contributed by atoms with van der Waals surface area (Å²) in [6, 6.07) is 18.0. The lowest BCUT2D eigenvalue weighted by Gasteiger charge is -2.12. The smallest absolute Gasteiger partial charge is 0.236 e. The number of hydrogen-bond acceptors (Lipinski definition) is 10. The van der Waals surface area contributed by atoms with E-state index in [1.165, 1.54) is 23.1 Å². The number of anilines is 2. The molecule has 4 aromatic rings. The van der Waals surface area contributed by atoms with Crippen LogP contribution in [0.4, 0.5) is 10.8 Å². The van der Waals surface area contributed by atoms with Crippen LogP contribution in [0.1, 0.15) is 11.4 Å². The molecule has 0 radical (unpaired) electrons. The first-order chi connectivity index (χ1) is 17.1. The van der Waals surface area contributed by atoms with Crippen molar-refractivity contribution in [3.05, 3.63) is 66.0 Å². The highest BCUT2D eigenvalue weighted by Crippen LogP contribution is 2.26. The van der Waals surface area contributed by atoms with Crippen LogP contribution in [0.5, 0.6) is 0 Å². The third-order valence-corrected chi connectivity index (χ3v) is 7.66. The van der Waals surface area contributed by atoms with Crippen molar-refractivity contribution in [2.45, 2.75) is 23.0 Å². The number of para-hydroxylation sites is 2. The maximum atomic E-state index is 12.6. The molecular weight excluding hydrogens is 503 g/mol. The van der Waals surface area contributed by atoms with Crippen molar-refractivity contribution in [3.63, 3.8) is 0 Å². The van der Waals surface area contributed by atoms with Gasteiger partial charge in [-0.25, -0.2) is 0 Å². The number of methoxy groups -OCH3 is 1. The molecule has 1 amide bonds. The lowest BCUT2D eigenvalue weighted by Crippen LogP contribution is -2.14. The average Bonchev–Trinajstić information content (AvgIpc) is 3.49. The van der Waals surface area contributed by atoms with Gasteiger partial charge in [-0.05, 0) is 30.7 Å². The Kier molecular flexibility index (Phi) is 9.12. The molecule has 2 N–H and O–H groups in total. The van der Waals surface area contributed by atoms with Gasteiger partial charge in [0.2, 0.25) is 11.0 Å². The summed E-state index contributed by atoms with van der Waals surface area (Å²) in [7, 11) is 1.66. The first kappa shape index (κ1) is 25.2. The molecule has 0 fully saturated rings. The molecule has 0 atom stereocenters. The second-order valence-corrected chi connectivity index (χ2v) is 10.6. The Balaban J connectivity index is 1.41. The van der Waals surface area contributed by atoms with E-state index in [-0.39, 0.29) is 11.7 Å². The minimum Gasteiger partial charge on any atom is -0.384 e. The molecule has 2 heterocycles. The van der Waals surface area contributed by atoms with Crippen LogP contribution in [0.3, 0.4) is 0 Å². The molecule has 35 heavy (non-hydrogen) atoms. The normalized spacial score (nSPS) is 10.9. The van der Waals surface area contributed by atoms with Crippen LogP contribution in [0.15, 0.2) is 64.1 Å². The molecular formula is C23H25N7O2S3. The van der Waals surface area contributed by atoms with Crippen LogP contribution >= 0.6 is 34.9 Å². The van der Waals surface area contributed by atoms with Crippen LogP contribution in [-0.2, 0) is 16.1 Å². The number of nitrogens with zero attached hydrogens (tertiary/aromatic N) is 5. The van der Waals surface area contributed by atoms with Crippen LogP contribution in [0.2, 0.25) is 0 Å². The molecule has 0 bridgehead atoms. The molecule has 182 valence electrons. The van der Waals surface area contributed by atoms with E-state index >= 15 is 0 Å². The van der Waals surface area contributed by atoms with Gasteiger partial charge in [-0.15, -0.1) is 20.4 Å². The van der Waals surface area contributed by atoms with E-state index in [9.17, 15) is 4.79 Å². The van der Waals surface area contributed by atoms with Gasteiger partial charge in [0.05, 0.1) is 18.9 Å². The van der Waals surface area contributed by atoms with Gasteiger partial charge >= 0.3 is 0 Å². The van der Waals surface area contributed by atoms with E-state index in [0.29, 0.717) is 23.4 Å². The number of carbonyl (C=O) groups excluding carboxylic acids is 1. The maximum Gasteiger partial charge on any atom is 0.236 e. The summed E-state index contributed by atoms with van der Waals surface area (Å²) >= 11 is 4.21. The second kappa shape index (κ2) is 12.7. The van der Waals surface area contributed by atoms with Gasteiger partial charge in [-0.1, -0.05) is 71.3 Å². The second-order valence-electron chi connectivity index (χ2n) is 7.29. The van der Waals surface area contributed by atoms with Gasteiger partial charge in [0, 0.05) is 24.2 Å². The molecule has 0 aliphatic carbocycles. The Hall–Kier alpha value is -2.93. The number of benzene rings is 2. The third kappa shape index (κ3) is 7.04. The number of nitrogens with one attached hydrogen (secondary N) is 2. The molecule has 0 aliphatic heterocycles. The van der Waals surface area contributed by atoms with Crippen LogP contribution < -0.4 is 10.6 Å². The van der Waals surface area contributed by atoms with Crippen molar-refractivity contribution in [1.82, 2.24) is 25.0 Å². The van der Waals surface area contributed by atoms with E-state index in [4.69, 9.17) is 4.74 Å². The van der Waals surface area contributed by atoms with Gasteiger partial charge in [0.15, 0.2) is 15.3 Å². The monoisotopic (exact) mass is 527 g/mol. The van der Waals surface area contributed by atoms with E-state index in [2.05, 4.69) is 44.0 Å². The fourth-order valence-electron chi connectivity index (χ4n) is 3.11. The Morgan fingerprint density at radius 1 is 1.03 bits per heavy atom. The number of hydrogen-bond donors (Lipinski definition) is 2. The number of carbonyl (C=O) groups is 1. The van der Waals surface area contributed by atoms with Crippen molar-refractivity contribution in [2.75, 3.05) is 35.9 Å². The zero-order valence-electron chi connectivity index (χ0n) is 19.3. The number of thioether (sulfide) groups is 2. The average molecular weight is 528 g/mol. The fourth-order valence-corrected chi connectivity index (χ4v) is 5.62. The Labute approximate surface area is 216 Å². The van der Waals surface area contributed by atoms with E-state index < -0.39 is 0 Å². The highest BCUT2D eigenvalue weighted by molar-refractivity contribution is 8.01. The van der Waals surface area contributed by atoms with E-state index in [1.54, 1.807) is 18.9 Å². The number of ether oxygens (including phenoxy) is 1. The van der Waals surface area contributed by atoms with Crippen molar-refractivity contribution >= 4 is 51.6 Å². The fraction of sp³-hybridized carbons (Fsp3) is 0.261. The number of aromatic nitrogens is 5. The first-order valence-corrected chi connectivity index (χ1v) is 13.6. The van der Waals surface area contributed by atoms with Crippen LogP contribution in [-0.4, -0.2) is 56.1 Å². The van der Waals surface area contributed by atoms with Crippen LogP contribution in [0, 0.1) is 6.92 Å². The summed E-state index contributed by atoms with van der Waals surface area (Å²) in [6.07, 6.45) is 0. The van der Waals surface area contributed by atoms with Crippen LogP contribution in [0.25, 0.3) is 5.69 Å². The molecule has 0 unspecified atom stereocenters. The summed E-state index contributed by atoms with van der Waals surface area (Å²) in [5, 5.41) is 24.3. The van der Waals surface area contributed by atoms with Gasteiger partial charge in [0.1, 0.15) is 0 Å². The zero-order chi connectivity index (χ0) is 24.5. The molecule has 0 aliphatic rings.